The van der Waals surface area contributed by atoms with Crippen LogP contribution in [-0.2, 0) is 6.54 Å². The molecule has 0 fully saturated rings. The maximum atomic E-state index is 13.8. The first-order valence-corrected chi connectivity index (χ1v) is 6.35. The molecule has 0 aliphatic carbocycles. The van der Waals surface area contributed by atoms with E-state index >= 15 is 0 Å². The number of carbonyl (C=O) groups excluding carboxylic acids is 2. The summed E-state index contributed by atoms with van der Waals surface area (Å²) in [4.78, 5) is 25.3. The van der Waals surface area contributed by atoms with Crippen molar-refractivity contribution in [3.8, 4) is 0 Å². The lowest BCUT2D eigenvalue weighted by Crippen LogP contribution is -2.29. The van der Waals surface area contributed by atoms with E-state index in [1.807, 2.05) is 0 Å². The van der Waals surface area contributed by atoms with Gasteiger partial charge in [-0.05, 0) is 24.3 Å². The fraction of sp³-hybridized carbons (Fsp3) is 0.0667. The highest BCUT2D eigenvalue weighted by molar-refractivity contribution is 6.30. The van der Waals surface area contributed by atoms with Gasteiger partial charge in [-0.3, -0.25) is 14.5 Å². The van der Waals surface area contributed by atoms with Crippen molar-refractivity contribution in [3.05, 3.63) is 70.0 Å². The highest BCUT2D eigenvalue weighted by Crippen LogP contribution is 2.25. The molecule has 2 aromatic carbocycles. The third-order valence-electron chi connectivity index (χ3n) is 3.22. The van der Waals surface area contributed by atoms with Gasteiger partial charge in [0, 0.05) is 10.6 Å². The van der Waals surface area contributed by atoms with Gasteiger partial charge in [-0.25, -0.2) is 4.39 Å². The minimum atomic E-state index is -0.533. The van der Waals surface area contributed by atoms with Crippen molar-refractivity contribution >= 4 is 23.4 Å². The van der Waals surface area contributed by atoms with E-state index in [4.69, 9.17) is 11.6 Å². The third-order valence-corrected chi connectivity index (χ3v) is 3.46. The molecule has 1 aliphatic heterocycles. The van der Waals surface area contributed by atoms with Gasteiger partial charge in [0.05, 0.1) is 17.7 Å². The number of benzene rings is 2. The van der Waals surface area contributed by atoms with Gasteiger partial charge in [-0.2, -0.15) is 0 Å². The lowest BCUT2D eigenvalue weighted by Gasteiger charge is -2.14. The molecule has 0 radical (unpaired) electrons. The van der Waals surface area contributed by atoms with Crippen LogP contribution in [0.3, 0.4) is 0 Å². The molecule has 100 valence electrons. The second kappa shape index (κ2) is 4.72. The molecule has 0 bridgehead atoms. The standard InChI is InChI=1S/C15H9ClFNO2/c16-10-6-5-9(13(17)7-10)8-18-14(19)11-3-1-2-4-12(11)15(18)20/h1-7H,8H2. The van der Waals surface area contributed by atoms with Crippen molar-refractivity contribution in [2.24, 2.45) is 0 Å². The van der Waals surface area contributed by atoms with Crippen LogP contribution in [0, 0.1) is 5.82 Å². The Morgan fingerprint density at radius 3 is 2.15 bits per heavy atom. The summed E-state index contributed by atoms with van der Waals surface area (Å²) in [5.74, 6) is -1.34. The molecule has 0 saturated carbocycles. The number of hydrogen-bond acceptors (Lipinski definition) is 2. The first-order chi connectivity index (χ1) is 9.58. The van der Waals surface area contributed by atoms with Crippen molar-refractivity contribution in [1.82, 2.24) is 4.90 Å². The zero-order chi connectivity index (χ0) is 14.3. The molecule has 2 aromatic rings. The Hall–Kier alpha value is -2.20. The summed E-state index contributed by atoms with van der Waals surface area (Å²) < 4.78 is 13.8. The second-order valence-corrected chi connectivity index (χ2v) is 4.91. The minimum absolute atomic E-state index is 0.102. The molecule has 1 heterocycles. The quantitative estimate of drug-likeness (QED) is 0.796. The van der Waals surface area contributed by atoms with Crippen LogP contribution in [0.1, 0.15) is 26.3 Å². The summed E-state index contributed by atoms with van der Waals surface area (Å²) in [6.45, 7) is -0.102. The Bertz CT molecular complexity index is 695. The van der Waals surface area contributed by atoms with E-state index in [-0.39, 0.29) is 17.1 Å². The number of nitrogens with zero attached hydrogens (tertiary/aromatic N) is 1. The van der Waals surface area contributed by atoms with Gasteiger partial charge in [0.15, 0.2) is 0 Å². The molecule has 0 saturated heterocycles. The largest absolute Gasteiger partial charge is 0.270 e. The molecule has 3 nitrogen and oxygen atoms in total. The van der Waals surface area contributed by atoms with Crippen LogP contribution in [0.25, 0.3) is 0 Å². The highest BCUT2D eigenvalue weighted by Gasteiger charge is 2.35. The molecule has 2 amide bonds. The lowest BCUT2D eigenvalue weighted by molar-refractivity contribution is 0.0641. The third kappa shape index (κ3) is 1.98. The number of fused-ring (bicyclic) bond motifs is 1. The number of rotatable bonds is 2. The molecule has 20 heavy (non-hydrogen) atoms. The van der Waals surface area contributed by atoms with Crippen LogP contribution in [0.4, 0.5) is 4.39 Å². The number of carbonyl (C=O) groups is 2. The van der Waals surface area contributed by atoms with Gasteiger partial charge in [-0.15, -0.1) is 0 Å². The van der Waals surface area contributed by atoms with Crippen LogP contribution in [-0.4, -0.2) is 16.7 Å². The van der Waals surface area contributed by atoms with Gasteiger partial charge in [0.2, 0.25) is 0 Å². The summed E-state index contributed by atoms with van der Waals surface area (Å²) in [5, 5.41) is 0.272. The number of imide groups is 1. The Morgan fingerprint density at radius 1 is 1.00 bits per heavy atom. The zero-order valence-corrected chi connectivity index (χ0v) is 11.0. The van der Waals surface area contributed by atoms with Crippen LogP contribution >= 0.6 is 11.6 Å². The lowest BCUT2D eigenvalue weighted by atomic mass is 10.1. The average Bonchev–Trinajstić information content (AvgIpc) is 2.67. The summed E-state index contributed by atoms with van der Waals surface area (Å²) in [6, 6.07) is 10.7. The Kier molecular flexibility index (Phi) is 3.03. The minimum Gasteiger partial charge on any atom is -0.270 e. The van der Waals surface area contributed by atoms with E-state index < -0.39 is 17.6 Å². The fourth-order valence-corrected chi connectivity index (χ4v) is 2.36. The monoisotopic (exact) mass is 289 g/mol. The molecular formula is C15H9ClFNO2. The van der Waals surface area contributed by atoms with Crippen molar-refractivity contribution < 1.29 is 14.0 Å². The van der Waals surface area contributed by atoms with Crippen LogP contribution in [0.2, 0.25) is 5.02 Å². The second-order valence-electron chi connectivity index (χ2n) is 4.48. The van der Waals surface area contributed by atoms with E-state index in [1.165, 1.54) is 12.1 Å². The topological polar surface area (TPSA) is 37.4 Å². The summed E-state index contributed by atoms with van der Waals surface area (Å²) in [6.07, 6.45) is 0. The molecule has 0 aromatic heterocycles. The number of hydrogen-bond donors (Lipinski definition) is 0. The SMILES string of the molecule is O=C1c2ccccc2C(=O)N1Cc1ccc(Cl)cc1F. The molecule has 5 heteroatoms. The first-order valence-electron chi connectivity index (χ1n) is 5.97. The smallest absolute Gasteiger partial charge is 0.261 e. The Balaban J connectivity index is 1.94. The van der Waals surface area contributed by atoms with E-state index in [0.717, 1.165) is 11.0 Å². The normalized spacial score (nSPS) is 13.8. The van der Waals surface area contributed by atoms with E-state index in [1.54, 1.807) is 24.3 Å². The molecule has 0 unspecified atom stereocenters. The zero-order valence-electron chi connectivity index (χ0n) is 10.3. The van der Waals surface area contributed by atoms with Gasteiger partial charge in [0.25, 0.3) is 11.8 Å². The summed E-state index contributed by atoms with van der Waals surface area (Å²) in [7, 11) is 0. The van der Waals surface area contributed by atoms with Crippen molar-refractivity contribution in [3.63, 3.8) is 0 Å². The molecule has 0 atom stereocenters. The van der Waals surface area contributed by atoms with Crippen LogP contribution in [0.15, 0.2) is 42.5 Å². The fourth-order valence-electron chi connectivity index (χ4n) is 2.20. The number of amides is 2. The molecular weight excluding hydrogens is 281 g/mol. The molecule has 0 spiro atoms. The maximum absolute atomic E-state index is 13.8. The average molecular weight is 290 g/mol. The van der Waals surface area contributed by atoms with E-state index in [9.17, 15) is 14.0 Å². The first kappa shape index (κ1) is 12.8. The van der Waals surface area contributed by atoms with Crippen molar-refractivity contribution in [1.29, 1.82) is 0 Å². The number of halogens is 2. The predicted octanol–water partition coefficient (Wildman–Crippen LogP) is 3.28. The van der Waals surface area contributed by atoms with Gasteiger partial charge < -0.3 is 0 Å². The van der Waals surface area contributed by atoms with Gasteiger partial charge >= 0.3 is 0 Å². The Morgan fingerprint density at radius 2 is 1.60 bits per heavy atom. The van der Waals surface area contributed by atoms with Crippen molar-refractivity contribution in [2.45, 2.75) is 6.54 Å². The molecule has 3 rings (SSSR count). The van der Waals surface area contributed by atoms with E-state index in [0.29, 0.717) is 11.1 Å². The van der Waals surface area contributed by atoms with Gasteiger partial charge in [-0.1, -0.05) is 29.8 Å². The van der Waals surface area contributed by atoms with E-state index in [2.05, 4.69) is 0 Å². The van der Waals surface area contributed by atoms with Gasteiger partial charge in [0.1, 0.15) is 5.82 Å². The molecule has 0 N–H and O–H groups in total. The van der Waals surface area contributed by atoms with Crippen LogP contribution in [0.5, 0.6) is 0 Å². The summed E-state index contributed by atoms with van der Waals surface area (Å²) in [5.41, 5.74) is 0.961. The van der Waals surface area contributed by atoms with Crippen LogP contribution < -0.4 is 0 Å². The molecule has 1 aliphatic rings. The summed E-state index contributed by atoms with van der Waals surface area (Å²) >= 11 is 5.68. The highest BCUT2D eigenvalue weighted by atomic mass is 35.5. The Labute approximate surface area is 119 Å². The predicted molar refractivity (Wildman–Crippen MR) is 72.1 cm³/mol. The van der Waals surface area contributed by atoms with Crippen molar-refractivity contribution in [2.75, 3.05) is 0 Å². The maximum Gasteiger partial charge on any atom is 0.261 e.